The van der Waals surface area contributed by atoms with Crippen LogP contribution in [0.15, 0.2) is 29.6 Å². The molecule has 108 valence electrons. The van der Waals surface area contributed by atoms with Crippen molar-refractivity contribution in [2.24, 2.45) is 0 Å². The van der Waals surface area contributed by atoms with Gasteiger partial charge in [0.15, 0.2) is 5.88 Å². The normalized spacial score (nSPS) is 9.85. The van der Waals surface area contributed by atoms with Gasteiger partial charge in [-0.2, -0.15) is 0 Å². The van der Waals surface area contributed by atoms with Crippen LogP contribution in [0.1, 0.15) is 17.3 Å². The van der Waals surface area contributed by atoms with Crippen molar-refractivity contribution >= 4 is 11.9 Å². The second kappa shape index (κ2) is 7.13. The minimum Gasteiger partial charge on any atom is -0.494 e. The number of amides is 1. The van der Waals surface area contributed by atoms with Crippen LogP contribution in [0.2, 0.25) is 0 Å². The van der Waals surface area contributed by atoms with E-state index in [1.54, 1.807) is 6.92 Å². The zero-order chi connectivity index (χ0) is 15.1. The summed E-state index contributed by atoms with van der Waals surface area (Å²) in [6, 6.07) is 2.16. The largest absolute Gasteiger partial charge is 0.494 e. The van der Waals surface area contributed by atoms with E-state index in [1.807, 2.05) is 0 Å². The molecule has 0 aromatic carbocycles. The van der Waals surface area contributed by atoms with Crippen molar-refractivity contribution in [2.45, 2.75) is 6.92 Å². The van der Waals surface area contributed by atoms with Gasteiger partial charge in [0.25, 0.3) is 11.5 Å². The first kappa shape index (κ1) is 15.5. The molecule has 0 unspecified atom stereocenters. The lowest BCUT2D eigenvalue weighted by Crippen LogP contribution is -2.37. The molecule has 0 atom stereocenters. The van der Waals surface area contributed by atoms with Crippen LogP contribution in [-0.2, 0) is 9.53 Å². The number of hydrogen-bond donors (Lipinski definition) is 2. The summed E-state index contributed by atoms with van der Waals surface area (Å²) in [5.74, 6) is -1.55. The highest BCUT2D eigenvalue weighted by molar-refractivity contribution is 5.96. The van der Waals surface area contributed by atoms with Crippen molar-refractivity contribution < 1.29 is 19.4 Å². The van der Waals surface area contributed by atoms with Gasteiger partial charge in [-0.1, -0.05) is 6.08 Å². The maximum Gasteiger partial charge on any atom is 0.325 e. The molecule has 0 aliphatic carbocycles. The Morgan fingerprint density at radius 3 is 2.75 bits per heavy atom. The van der Waals surface area contributed by atoms with Gasteiger partial charge in [-0.3, -0.25) is 19.4 Å². The lowest BCUT2D eigenvalue weighted by Gasteiger charge is -2.19. The molecule has 1 amide bonds. The first-order valence-corrected chi connectivity index (χ1v) is 5.97. The van der Waals surface area contributed by atoms with E-state index in [0.717, 1.165) is 12.1 Å². The summed E-state index contributed by atoms with van der Waals surface area (Å²) in [5, 5.41) is 9.28. The molecule has 20 heavy (non-hydrogen) atoms. The van der Waals surface area contributed by atoms with Gasteiger partial charge in [0.1, 0.15) is 6.54 Å². The van der Waals surface area contributed by atoms with Crippen molar-refractivity contribution in [3.05, 3.63) is 40.7 Å². The molecule has 0 fully saturated rings. The number of aromatic hydroxyl groups is 1. The average molecular weight is 280 g/mol. The number of aromatic amines is 1. The molecule has 0 aliphatic rings. The number of esters is 1. The Bertz CT molecular complexity index is 564. The Hall–Kier alpha value is -2.57. The Morgan fingerprint density at radius 1 is 1.50 bits per heavy atom. The third-order valence-corrected chi connectivity index (χ3v) is 2.34. The van der Waals surface area contributed by atoms with Crippen molar-refractivity contribution in [1.82, 2.24) is 9.88 Å². The lowest BCUT2D eigenvalue weighted by atomic mass is 10.2. The van der Waals surface area contributed by atoms with E-state index in [4.69, 9.17) is 4.74 Å². The van der Waals surface area contributed by atoms with E-state index in [1.165, 1.54) is 11.0 Å². The number of aromatic nitrogens is 1. The number of hydrogen-bond acceptors (Lipinski definition) is 5. The zero-order valence-corrected chi connectivity index (χ0v) is 11.1. The second-order valence-electron chi connectivity index (χ2n) is 3.90. The van der Waals surface area contributed by atoms with E-state index in [9.17, 15) is 19.5 Å². The SMILES string of the molecule is C=CCN(CC(=O)OCC)C(=O)c1cc(O)[nH]c(=O)c1. The van der Waals surface area contributed by atoms with Crippen LogP contribution < -0.4 is 5.56 Å². The smallest absolute Gasteiger partial charge is 0.325 e. The minimum absolute atomic E-state index is 0.0163. The van der Waals surface area contributed by atoms with E-state index in [0.29, 0.717) is 0 Å². The van der Waals surface area contributed by atoms with Gasteiger partial charge in [0.05, 0.1) is 12.2 Å². The van der Waals surface area contributed by atoms with E-state index < -0.39 is 23.3 Å². The summed E-state index contributed by atoms with van der Waals surface area (Å²) in [5.41, 5.74) is -0.625. The van der Waals surface area contributed by atoms with Crippen LogP contribution in [0.25, 0.3) is 0 Å². The molecule has 0 saturated carbocycles. The van der Waals surface area contributed by atoms with Crippen molar-refractivity contribution in [3.8, 4) is 5.88 Å². The minimum atomic E-state index is -0.608. The van der Waals surface area contributed by atoms with E-state index >= 15 is 0 Å². The van der Waals surface area contributed by atoms with Gasteiger partial charge in [-0.25, -0.2) is 0 Å². The summed E-state index contributed by atoms with van der Waals surface area (Å²) in [4.78, 5) is 38.1. The molecule has 0 saturated heterocycles. The van der Waals surface area contributed by atoms with Gasteiger partial charge in [-0.05, 0) is 6.92 Å². The summed E-state index contributed by atoms with van der Waals surface area (Å²) < 4.78 is 4.77. The number of pyridine rings is 1. The van der Waals surface area contributed by atoms with Crippen molar-refractivity contribution in [1.29, 1.82) is 0 Å². The Morgan fingerprint density at radius 2 is 2.20 bits per heavy atom. The number of H-pyrrole nitrogens is 1. The first-order valence-electron chi connectivity index (χ1n) is 5.97. The molecule has 0 aliphatic heterocycles. The van der Waals surface area contributed by atoms with Gasteiger partial charge in [0, 0.05) is 18.7 Å². The quantitative estimate of drug-likeness (QED) is 0.575. The van der Waals surface area contributed by atoms with Crippen molar-refractivity contribution in [2.75, 3.05) is 19.7 Å². The molecule has 1 aromatic rings. The first-order chi connectivity index (χ1) is 9.47. The van der Waals surface area contributed by atoms with Crippen LogP contribution in [-0.4, -0.2) is 46.6 Å². The highest BCUT2D eigenvalue weighted by Gasteiger charge is 2.19. The molecule has 7 heteroatoms. The van der Waals surface area contributed by atoms with Crippen LogP contribution in [0.4, 0.5) is 0 Å². The molecule has 2 N–H and O–H groups in total. The monoisotopic (exact) mass is 280 g/mol. The highest BCUT2D eigenvalue weighted by Crippen LogP contribution is 2.08. The van der Waals surface area contributed by atoms with Crippen LogP contribution in [0.5, 0.6) is 5.88 Å². The fourth-order valence-corrected chi connectivity index (χ4v) is 1.57. The molecular formula is C13H16N2O5. The maximum atomic E-state index is 12.2. The summed E-state index contributed by atoms with van der Waals surface area (Å²) >= 11 is 0. The van der Waals surface area contributed by atoms with Crippen LogP contribution in [0, 0.1) is 0 Å². The fraction of sp³-hybridized carbons (Fsp3) is 0.308. The Kier molecular flexibility index (Phi) is 5.52. The van der Waals surface area contributed by atoms with Crippen molar-refractivity contribution in [3.63, 3.8) is 0 Å². The zero-order valence-electron chi connectivity index (χ0n) is 11.1. The summed E-state index contributed by atoms with van der Waals surface area (Å²) in [7, 11) is 0. The Labute approximate surface area is 115 Å². The molecule has 0 spiro atoms. The number of nitrogens with one attached hydrogen (secondary N) is 1. The number of nitrogens with zero attached hydrogens (tertiary/aromatic N) is 1. The van der Waals surface area contributed by atoms with Gasteiger partial charge in [-0.15, -0.1) is 6.58 Å². The van der Waals surface area contributed by atoms with Gasteiger partial charge < -0.3 is 14.7 Å². The molecule has 7 nitrogen and oxygen atoms in total. The molecule has 1 heterocycles. The summed E-state index contributed by atoms with van der Waals surface area (Å²) in [6.45, 7) is 5.23. The molecule has 0 bridgehead atoms. The number of ether oxygens (including phenoxy) is 1. The number of rotatable bonds is 6. The van der Waals surface area contributed by atoms with Gasteiger partial charge >= 0.3 is 5.97 Å². The lowest BCUT2D eigenvalue weighted by molar-refractivity contribution is -0.143. The second-order valence-corrected chi connectivity index (χ2v) is 3.90. The molecule has 1 rings (SSSR count). The van der Waals surface area contributed by atoms with E-state index in [2.05, 4.69) is 11.6 Å². The highest BCUT2D eigenvalue weighted by atomic mass is 16.5. The molecule has 0 radical (unpaired) electrons. The summed E-state index contributed by atoms with van der Waals surface area (Å²) in [6.07, 6.45) is 1.45. The fourth-order valence-electron chi connectivity index (χ4n) is 1.57. The Balaban J connectivity index is 2.95. The third kappa shape index (κ3) is 4.27. The predicted octanol–water partition coefficient (Wildman–Crippen LogP) is 0.272. The van der Waals surface area contributed by atoms with E-state index in [-0.39, 0.29) is 25.3 Å². The maximum absolute atomic E-state index is 12.2. The van der Waals surface area contributed by atoms with Crippen LogP contribution in [0.3, 0.4) is 0 Å². The third-order valence-electron chi connectivity index (χ3n) is 2.34. The predicted molar refractivity (Wildman–Crippen MR) is 71.5 cm³/mol. The number of carbonyl (C=O) groups excluding carboxylic acids is 2. The standard InChI is InChI=1S/C13H16N2O5/c1-3-5-15(8-12(18)20-4-2)13(19)9-6-10(16)14-11(17)7-9/h3,6-7H,1,4-5,8H2,2H3,(H2,14,16,17). The topological polar surface area (TPSA) is 99.7 Å². The molecule has 1 aromatic heterocycles. The average Bonchev–Trinajstić information content (AvgIpc) is 2.36. The molecular weight excluding hydrogens is 264 g/mol. The number of carbonyl (C=O) groups is 2. The van der Waals surface area contributed by atoms with Gasteiger partial charge in [0.2, 0.25) is 0 Å². The van der Waals surface area contributed by atoms with Crippen LogP contribution >= 0.6 is 0 Å².